The first kappa shape index (κ1) is 42.5. The smallest absolute Gasteiger partial charge is 0.370 e. The Balaban J connectivity index is 1.17. The lowest BCUT2D eigenvalue weighted by Gasteiger charge is -2.35. The maximum absolute atomic E-state index is 15.5. The Hall–Kier alpha value is -4.12. The minimum absolute atomic E-state index is 0.118. The molecule has 306 valence electrons. The van der Waals surface area contributed by atoms with Crippen LogP contribution in [0.2, 0.25) is 0 Å². The molecular formula is C39H47F2N6O7PS2. The first-order valence-corrected chi connectivity index (χ1v) is 22.2. The highest BCUT2D eigenvalue weighted by molar-refractivity contribution is 7.54. The fraction of sp³-hybridized carbons (Fsp3) is 0.462. The number of rotatable bonds is 17. The molecule has 0 radical (unpaired) electrons. The van der Waals surface area contributed by atoms with E-state index in [2.05, 4.69) is 20.9 Å². The van der Waals surface area contributed by atoms with Crippen molar-refractivity contribution in [2.45, 2.75) is 88.6 Å². The van der Waals surface area contributed by atoms with E-state index < -0.39 is 54.7 Å². The quantitative estimate of drug-likeness (QED) is 0.0897. The van der Waals surface area contributed by atoms with Gasteiger partial charge in [-0.3, -0.25) is 23.7 Å². The van der Waals surface area contributed by atoms with Crippen molar-refractivity contribution in [3.63, 3.8) is 0 Å². The van der Waals surface area contributed by atoms with Crippen LogP contribution in [0, 0.1) is 0 Å². The number of benzene rings is 2. The van der Waals surface area contributed by atoms with Crippen molar-refractivity contribution in [1.82, 2.24) is 25.8 Å². The number of carbonyl (C=O) groups is 4. The second kappa shape index (κ2) is 18.6. The zero-order chi connectivity index (χ0) is 40.7. The molecule has 2 fully saturated rings. The number of nitrogens with zero attached hydrogens (tertiary/aromatic N) is 2. The standard InChI is InChI=1S/C39H47F2N6O7PS2/c1-3-53-55(52,54-4-2)39(40,41)26-13-16-32-25(20-26)21-33(57-32)36(50)46-30-23-43-18-17-27-14-15-31(47(27)38(30)51)35(49)45-29(11-8-12-34(42)48)37-44-22-28(56-37)19-24-9-6-5-7-10-24/h5-7,9-10,13,16,20-22,27,29-31,43H,3-4,8,11-12,14-15,17-19,23H2,1-2H3,(H2,42,48)(H,45,49)(H,46,50)/t27-,29+,30+,31+/m1/s1. The molecule has 4 heterocycles. The molecule has 18 heteroatoms. The highest BCUT2D eigenvalue weighted by atomic mass is 32.1. The molecule has 0 bridgehead atoms. The fourth-order valence-corrected chi connectivity index (χ4v) is 10.8. The molecule has 2 saturated heterocycles. The zero-order valence-electron chi connectivity index (χ0n) is 31.7. The third-order valence-corrected chi connectivity index (χ3v) is 14.4. The van der Waals surface area contributed by atoms with Crippen LogP contribution in [-0.4, -0.2) is 77.9 Å². The molecule has 0 unspecified atom stereocenters. The summed E-state index contributed by atoms with van der Waals surface area (Å²) in [7, 11) is -4.84. The van der Waals surface area contributed by atoms with Gasteiger partial charge in [0.2, 0.25) is 17.7 Å². The molecule has 0 spiro atoms. The fourth-order valence-electron chi connectivity index (χ4n) is 7.29. The van der Waals surface area contributed by atoms with E-state index in [0.29, 0.717) is 60.2 Å². The van der Waals surface area contributed by atoms with Gasteiger partial charge >= 0.3 is 13.3 Å². The number of nitrogens with two attached hydrogens (primary N) is 1. The average Bonchev–Trinajstić information content (AvgIpc) is 3.93. The summed E-state index contributed by atoms with van der Waals surface area (Å²) in [6, 6.07) is 12.5. The Bertz CT molecular complexity index is 2110. The van der Waals surface area contributed by atoms with E-state index >= 15 is 8.78 Å². The maximum atomic E-state index is 15.5. The monoisotopic (exact) mass is 844 g/mol. The molecule has 4 atom stereocenters. The van der Waals surface area contributed by atoms with Crippen molar-refractivity contribution >= 4 is 64.0 Å². The second-order valence-corrected chi connectivity index (χ2v) is 18.3. The van der Waals surface area contributed by atoms with Crippen LogP contribution in [0.5, 0.6) is 0 Å². The molecule has 2 aliphatic rings. The number of hydrogen-bond acceptors (Lipinski definition) is 11. The van der Waals surface area contributed by atoms with Crippen molar-refractivity contribution in [3.05, 3.63) is 86.7 Å². The van der Waals surface area contributed by atoms with Gasteiger partial charge in [-0.15, -0.1) is 22.7 Å². The van der Waals surface area contributed by atoms with Crippen LogP contribution < -0.4 is 21.7 Å². The van der Waals surface area contributed by atoms with Crippen LogP contribution in [0.4, 0.5) is 8.78 Å². The molecular weight excluding hydrogens is 798 g/mol. The summed E-state index contributed by atoms with van der Waals surface area (Å²) in [5.74, 6) is -1.78. The van der Waals surface area contributed by atoms with Gasteiger partial charge in [0.1, 0.15) is 17.1 Å². The van der Waals surface area contributed by atoms with E-state index in [4.69, 9.17) is 14.8 Å². The van der Waals surface area contributed by atoms with Crippen molar-refractivity contribution < 1.29 is 41.6 Å². The molecule has 0 saturated carbocycles. The number of primary amides is 1. The topological polar surface area (TPSA) is 182 Å². The van der Waals surface area contributed by atoms with Crippen molar-refractivity contribution in [3.8, 4) is 0 Å². The van der Waals surface area contributed by atoms with Crippen LogP contribution in [-0.2, 0) is 40.1 Å². The van der Waals surface area contributed by atoms with E-state index in [1.807, 2.05) is 30.3 Å². The summed E-state index contributed by atoms with van der Waals surface area (Å²) < 4.78 is 54.5. The Morgan fingerprint density at radius 3 is 2.54 bits per heavy atom. The van der Waals surface area contributed by atoms with E-state index in [1.54, 1.807) is 11.1 Å². The normalized spacial score (nSPS) is 19.5. The molecule has 57 heavy (non-hydrogen) atoms. The number of thiazole rings is 1. The summed E-state index contributed by atoms with van der Waals surface area (Å²) in [5, 5.41) is 10.2. The molecule has 2 aromatic carbocycles. The number of alkyl halides is 2. The van der Waals surface area contributed by atoms with Gasteiger partial charge in [-0.05, 0) is 81.6 Å². The molecule has 5 N–H and O–H groups in total. The molecule has 6 rings (SSSR count). The Labute approximate surface area is 337 Å². The summed E-state index contributed by atoms with van der Waals surface area (Å²) >= 11 is 2.54. The lowest BCUT2D eigenvalue weighted by Crippen LogP contribution is -2.60. The van der Waals surface area contributed by atoms with Crippen LogP contribution in [0.25, 0.3) is 10.1 Å². The van der Waals surface area contributed by atoms with E-state index in [9.17, 15) is 23.7 Å². The van der Waals surface area contributed by atoms with E-state index in [0.717, 1.165) is 33.9 Å². The van der Waals surface area contributed by atoms with E-state index in [1.165, 1.54) is 37.3 Å². The number of carbonyl (C=O) groups excluding carboxylic acids is 4. The van der Waals surface area contributed by atoms with Crippen molar-refractivity contribution in [2.75, 3.05) is 26.3 Å². The van der Waals surface area contributed by atoms with Gasteiger partial charge in [0.15, 0.2) is 0 Å². The molecule has 2 aliphatic heterocycles. The highest BCUT2D eigenvalue weighted by Crippen LogP contribution is 2.67. The number of aromatic nitrogens is 1. The summed E-state index contributed by atoms with van der Waals surface area (Å²) in [6.07, 6.45) is 5.13. The number of fused-ring (bicyclic) bond motifs is 2. The van der Waals surface area contributed by atoms with Crippen molar-refractivity contribution in [2.24, 2.45) is 5.73 Å². The Morgan fingerprint density at radius 2 is 1.82 bits per heavy atom. The molecule has 0 aliphatic carbocycles. The highest BCUT2D eigenvalue weighted by Gasteiger charge is 2.55. The van der Waals surface area contributed by atoms with Crippen LogP contribution >= 0.6 is 30.3 Å². The molecule has 4 amide bonds. The molecule has 4 aromatic rings. The third kappa shape index (κ3) is 9.78. The number of nitrogens with one attached hydrogen (secondary N) is 3. The predicted molar refractivity (Wildman–Crippen MR) is 214 cm³/mol. The van der Waals surface area contributed by atoms with Crippen LogP contribution in [0.3, 0.4) is 0 Å². The molecule has 2 aromatic heterocycles. The van der Waals surface area contributed by atoms with Gasteiger partial charge in [-0.25, -0.2) is 4.98 Å². The number of thiophene rings is 1. The SMILES string of the molecule is CCOP(=O)(OCC)C(F)(F)c1ccc2sc(C(=O)N[C@H]3CNCC[C@H]4CC[C@@H](C(=O)N[C@@H](CCCC(N)=O)c5ncc(Cc6ccccc6)s5)N4C3=O)cc2c1. The van der Waals surface area contributed by atoms with Gasteiger partial charge in [0.05, 0.1) is 24.1 Å². The average molecular weight is 845 g/mol. The van der Waals surface area contributed by atoms with Crippen LogP contribution in [0.15, 0.2) is 60.8 Å². The lowest BCUT2D eigenvalue weighted by molar-refractivity contribution is -0.142. The summed E-state index contributed by atoms with van der Waals surface area (Å²) in [5.41, 5.74) is 2.02. The third-order valence-electron chi connectivity index (χ3n) is 10.0. The van der Waals surface area contributed by atoms with Crippen LogP contribution in [0.1, 0.15) is 89.1 Å². The number of hydrogen-bond donors (Lipinski definition) is 4. The first-order chi connectivity index (χ1) is 27.3. The minimum Gasteiger partial charge on any atom is -0.370 e. The summed E-state index contributed by atoms with van der Waals surface area (Å²) in [4.78, 5) is 61.0. The Morgan fingerprint density at radius 1 is 1.07 bits per heavy atom. The lowest BCUT2D eigenvalue weighted by atomic mass is 10.1. The van der Waals surface area contributed by atoms with Gasteiger partial charge < -0.3 is 35.6 Å². The maximum Gasteiger partial charge on any atom is 0.404 e. The van der Waals surface area contributed by atoms with Gasteiger partial charge in [-0.1, -0.05) is 36.4 Å². The summed E-state index contributed by atoms with van der Waals surface area (Å²) in [6.45, 7) is 3.09. The minimum atomic E-state index is -4.84. The Kier molecular flexibility index (Phi) is 13.9. The second-order valence-electron chi connectivity index (χ2n) is 14.0. The molecule has 13 nitrogen and oxygen atoms in total. The van der Waals surface area contributed by atoms with Gasteiger partial charge in [-0.2, -0.15) is 8.78 Å². The van der Waals surface area contributed by atoms with Gasteiger partial charge in [0.25, 0.3) is 5.91 Å². The zero-order valence-corrected chi connectivity index (χ0v) is 34.2. The largest absolute Gasteiger partial charge is 0.404 e. The first-order valence-electron chi connectivity index (χ1n) is 19.1. The number of halogens is 2. The number of amides is 4. The van der Waals surface area contributed by atoms with Gasteiger partial charge in [0, 0.05) is 46.8 Å². The van der Waals surface area contributed by atoms with Crippen molar-refractivity contribution in [1.29, 1.82) is 0 Å². The predicted octanol–water partition coefficient (Wildman–Crippen LogP) is 6.23. The van der Waals surface area contributed by atoms with E-state index in [-0.39, 0.29) is 43.0 Å².